The molecule has 0 spiro atoms. The third kappa shape index (κ3) is 6.08. The monoisotopic (exact) mass is 231 g/mol. The van der Waals surface area contributed by atoms with Crippen molar-refractivity contribution in [2.24, 2.45) is 0 Å². The summed E-state index contributed by atoms with van der Waals surface area (Å²) in [6, 6.07) is 0.150. The summed E-state index contributed by atoms with van der Waals surface area (Å²) in [5, 5.41) is 12.2. The molecule has 0 saturated carbocycles. The predicted molar refractivity (Wildman–Crippen MR) is 64.7 cm³/mol. The van der Waals surface area contributed by atoms with E-state index in [1.54, 1.807) is 6.92 Å². The van der Waals surface area contributed by atoms with Crippen molar-refractivity contribution in [2.45, 2.75) is 58.5 Å². The van der Waals surface area contributed by atoms with E-state index in [1.807, 2.05) is 13.8 Å². The minimum absolute atomic E-state index is 0.150. The smallest absolute Gasteiger partial charge is 0.323 e. The quantitative estimate of drug-likeness (QED) is 0.596. The van der Waals surface area contributed by atoms with E-state index < -0.39 is 11.5 Å². The minimum atomic E-state index is -0.889. The molecule has 2 N–H and O–H groups in total. The van der Waals surface area contributed by atoms with Crippen LogP contribution in [-0.4, -0.2) is 35.9 Å². The lowest BCUT2D eigenvalue weighted by Crippen LogP contribution is -2.53. The Balaban J connectivity index is 3.98. The molecule has 0 aromatic carbocycles. The number of carboxylic acid groups (broad SMARTS) is 1. The first-order valence-electron chi connectivity index (χ1n) is 6.01. The van der Waals surface area contributed by atoms with E-state index in [0.29, 0.717) is 19.6 Å². The molecule has 0 fully saturated rings. The van der Waals surface area contributed by atoms with Gasteiger partial charge >= 0.3 is 5.97 Å². The highest BCUT2D eigenvalue weighted by Crippen LogP contribution is 2.11. The van der Waals surface area contributed by atoms with Gasteiger partial charge in [-0.05, 0) is 33.6 Å². The van der Waals surface area contributed by atoms with Gasteiger partial charge in [0.15, 0.2) is 0 Å². The fraction of sp³-hybridized carbons (Fsp3) is 0.917. The summed E-state index contributed by atoms with van der Waals surface area (Å²) >= 11 is 0. The Morgan fingerprint density at radius 1 is 1.44 bits per heavy atom. The van der Waals surface area contributed by atoms with Gasteiger partial charge in [-0.25, -0.2) is 0 Å². The van der Waals surface area contributed by atoms with E-state index in [-0.39, 0.29) is 6.04 Å². The van der Waals surface area contributed by atoms with Gasteiger partial charge in [-0.15, -0.1) is 0 Å². The van der Waals surface area contributed by atoms with E-state index >= 15 is 0 Å². The van der Waals surface area contributed by atoms with Gasteiger partial charge in [-0.2, -0.15) is 0 Å². The van der Waals surface area contributed by atoms with Crippen LogP contribution in [0.1, 0.15) is 47.0 Å². The largest absolute Gasteiger partial charge is 0.480 e. The maximum absolute atomic E-state index is 11.2. The first-order chi connectivity index (χ1) is 7.42. The van der Waals surface area contributed by atoms with Gasteiger partial charge in [0, 0.05) is 19.3 Å². The Labute approximate surface area is 98.4 Å². The molecule has 0 aliphatic rings. The maximum Gasteiger partial charge on any atom is 0.323 e. The van der Waals surface area contributed by atoms with Crippen molar-refractivity contribution in [3.63, 3.8) is 0 Å². The molecule has 0 radical (unpaired) electrons. The lowest BCUT2D eigenvalue weighted by Gasteiger charge is -2.28. The molecule has 96 valence electrons. The lowest BCUT2D eigenvalue weighted by molar-refractivity contribution is -0.145. The van der Waals surface area contributed by atoms with Crippen LogP contribution in [0.5, 0.6) is 0 Å². The van der Waals surface area contributed by atoms with Crippen molar-refractivity contribution < 1.29 is 14.6 Å². The number of nitrogens with one attached hydrogen (secondary N) is 1. The van der Waals surface area contributed by atoms with Gasteiger partial charge in [-0.3, -0.25) is 10.1 Å². The summed E-state index contributed by atoms with van der Waals surface area (Å²) in [6.45, 7) is 8.90. The first kappa shape index (κ1) is 15.4. The topological polar surface area (TPSA) is 58.6 Å². The Kier molecular flexibility index (Phi) is 7.34. The molecule has 16 heavy (non-hydrogen) atoms. The van der Waals surface area contributed by atoms with Crippen LogP contribution in [0, 0.1) is 0 Å². The van der Waals surface area contributed by atoms with Gasteiger partial charge < -0.3 is 9.84 Å². The van der Waals surface area contributed by atoms with Crippen molar-refractivity contribution in [1.29, 1.82) is 0 Å². The second-order valence-electron chi connectivity index (χ2n) is 4.65. The zero-order valence-corrected chi connectivity index (χ0v) is 10.9. The summed E-state index contributed by atoms with van der Waals surface area (Å²) in [7, 11) is 0. The highest BCUT2D eigenvalue weighted by molar-refractivity contribution is 5.78. The number of rotatable bonds is 9. The fourth-order valence-corrected chi connectivity index (χ4v) is 1.50. The van der Waals surface area contributed by atoms with E-state index in [1.165, 1.54) is 0 Å². The summed E-state index contributed by atoms with van der Waals surface area (Å²) in [5.41, 5.74) is -0.889. The van der Waals surface area contributed by atoms with Crippen molar-refractivity contribution in [3.05, 3.63) is 0 Å². The van der Waals surface area contributed by atoms with Crippen LogP contribution in [-0.2, 0) is 9.53 Å². The second-order valence-corrected chi connectivity index (χ2v) is 4.65. The fourth-order valence-electron chi connectivity index (χ4n) is 1.50. The van der Waals surface area contributed by atoms with E-state index in [9.17, 15) is 4.79 Å². The van der Waals surface area contributed by atoms with Gasteiger partial charge in [0.2, 0.25) is 0 Å². The summed E-state index contributed by atoms with van der Waals surface area (Å²) in [6.07, 6.45) is 2.62. The molecule has 0 bridgehead atoms. The molecule has 0 aliphatic carbocycles. The molecule has 1 unspecified atom stereocenters. The number of ether oxygens (including phenoxy) is 1. The Morgan fingerprint density at radius 3 is 2.50 bits per heavy atom. The van der Waals surface area contributed by atoms with Crippen molar-refractivity contribution in [2.75, 3.05) is 13.2 Å². The van der Waals surface area contributed by atoms with Gasteiger partial charge in [0.25, 0.3) is 0 Å². The third-order valence-electron chi connectivity index (χ3n) is 2.47. The molecular formula is C12H25NO3. The van der Waals surface area contributed by atoms with Crippen LogP contribution >= 0.6 is 0 Å². The molecular weight excluding hydrogens is 206 g/mol. The van der Waals surface area contributed by atoms with Crippen LogP contribution < -0.4 is 5.32 Å². The molecule has 0 amide bonds. The highest BCUT2D eigenvalue weighted by Gasteiger charge is 2.32. The van der Waals surface area contributed by atoms with Crippen LogP contribution in [0.3, 0.4) is 0 Å². The zero-order valence-electron chi connectivity index (χ0n) is 10.9. The zero-order chi connectivity index (χ0) is 12.6. The van der Waals surface area contributed by atoms with Crippen LogP contribution in [0.4, 0.5) is 0 Å². The van der Waals surface area contributed by atoms with E-state index in [4.69, 9.17) is 9.84 Å². The molecule has 0 aliphatic heterocycles. The number of unbranched alkanes of at least 4 members (excludes halogenated alkanes) is 1. The number of carbonyl (C=O) groups is 1. The lowest BCUT2D eigenvalue weighted by atomic mass is 9.97. The SMILES string of the molecule is CCCCOCCC(C)(NC(C)C)C(=O)O. The second kappa shape index (κ2) is 7.63. The molecule has 0 saturated heterocycles. The molecule has 4 heteroatoms. The molecule has 0 aromatic rings. The van der Waals surface area contributed by atoms with Gasteiger partial charge in [0.1, 0.15) is 5.54 Å². The number of hydrogen-bond donors (Lipinski definition) is 2. The third-order valence-corrected chi connectivity index (χ3v) is 2.47. The number of carboxylic acids is 1. The van der Waals surface area contributed by atoms with Crippen molar-refractivity contribution in [1.82, 2.24) is 5.32 Å². The van der Waals surface area contributed by atoms with Gasteiger partial charge in [0.05, 0.1) is 0 Å². The minimum Gasteiger partial charge on any atom is -0.480 e. The molecule has 4 nitrogen and oxygen atoms in total. The molecule has 0 aromatic heterocycles. The summed E-state index contributed by atoms with van der Waals surface area (Å²) in [4.78, 5) is 11.2. The standard InChI is InChI=1S/C12H25NO3/c1-5-6-8-16-9-7-12(4,11(14)15)13-10(2)3/h10,13H,5-9H2,1-4H3,(H,14,15). The average Bonchev–Trinajstić information content (AvgIpc) is 2.16. The summed E-state index contributed by atoms with van der Waals surface area (Å²) < 4.78 is 5.40. The van der Waals surface area contributed by atoms with Crippen LogP contribution in [0.25, 0.3) is 0 Å². The van der Waals surface area contributed by atoms with E-state index in [0.717, 1.165) is 12.8 Å². The van der Waals surface area contributed by atoms with Crippen LogP contribution in [0.15, 0.2) is 0 Å². The Hall–Kier alpha value is -0.610. The van der Waals surface area contributed by atoms with Crippen molar-refractivity contribution in [3.8, 4) is 0 Å². The Morgan fingerprint density at radius 2 is 2.06 bits per heavy atom. The van der Waals surface area contributed by atoms with E-state index in [2.05, 4.69) is 12.2 Å². The molecule has 0 rings (SSSR count). The highest BCUT2D eigenvalue weighted by atomic mass is 16.5. The van der Waals surface area contributed by atoms with Gasteiger partial charge in [-0.1, -0.05) is 13.3 Å². The Bertz CT molecular complexity index is 206. The maximum atomic E-state index is 11.2. The number of aliphatic carboxylic acids is 1. The normalized spacial score (nSPS) is 15.1. The first-order valence-corrected chi connectivity index (χ1v) is 6.01. The average molecular weight is 231 g/mol. The molecule has 0 heterocycles. The summed E-state index contributed by atoms with van der Waals surface area (Å²) in [5.74, 6) is -0.819. The number of hydrogen-bond acceptors (Lipinski definition) is 3. The van der Waals surface area contributed by atoms with Crippen molar-refractivity contribution >= 4 is 5.97 Å². The van der Waals surface area contributed by atoms with Crippen LogP contribution in [0.2, 0.25) is 0 Å². The molecule has 1 atom stereocenters. The predicted octanol–water partition coefficient (Wildman–Crippen LogP) is 2.03.